The first-order valence-corrected chi connectivity index (χ1v) is 4.00. The molecule has 0 spiro atoms. The fourth-order valence-electron chi connectivity index (χ4n) is 1.11. The number of hydrogen-bond donors (Lipinski definition) is 2. The molecule has 2 rings (SSSR count). The molecule has 0 radical (unpaired) electrons. The van der Waals surface area contributed by atoms with Gasteiger partial charge in [-0.1, -0.05) is 6.07 Å². The van der Waals surface area contributed by atoms with Gasteiger partial charge >= 0.3 is 0 Å². The van der Waals surface area contributed by atoms with Gasteiger partial charge in [-0.3, -0.25) is 9.59 Å². The Kier molecular flexibility index (Phi) is 1.98. The molecule has 0 aliphatic carbocycles. The molecular weight excluding hydrogens is 182 g/mol. The van der Waals surface area contributed by atoms with Crippen molar-refractivity contribution in [3.63, 3.8) is 0 Å². The zero-order valence-corrected chi connectivity index (χ0v) is 7.15. The molecule has 2 aromatic rings. The van der Waals surface area contributed by atoms with Crippen LogP contribution in [0.4, 0.5) is 0 Å². The highest BCUT2D eigenvalue weighted by atomic mass is 16.1. The van der Waals surface area contributed by atoms with Crippen LogP contribution < -0.4 is 11.1 Å². The number of rotatable bonds is 1. The van der Waals surface area contributed by atoms with Crippen molar-refractivity contribution >= 4 is 0 Å². The highest BCUT2D eigenvalue weighted by Crippen LogP contribution is 2.07. The summed E-state index contributed by atoms with van der Waals surface area (Å²) in [4.78, 5) is 30.8. The number of H-pyrrole nitrogens is 2. The van der Waals surface area contributed by atoms with E-state index in [4.69, 9.17) is 0 Å². The molecule has 5 heteroatoms. The van der Waals surface area contributed by atoms with Crippen LogP contribution in [0.2, 0.25) is 0 Å². The SMILES string of the molecule is O=c1cc(-c2cccc(=O)[nH]2)nc[nH]1. The molecule has 0 unspecified atom stereocenters. The van der Waals surface area contributed by atoms with Gasteiger partial charge in [0.15, 0.2) is 0 Å². The number of nitrogens with zero attached hydrogens (tertiary/aromatic N) is 1. The molecule has 0 aromatic carbocycles. The normalized spacial score (nSPS) is 10.0. The molecule has 14 heavy (non-hydrogen) atoms. The zero-order valence-electron chi connectivity index (χ0n) is 7.15. The van der Waals surface area contributed by atoms with Crippen LogP contribution in [0.3, 0.4) is 0 Å². The van der Waals surface area contributed by atoms with Crippen molar-refractivity contribution in [1.82, 2.24) is 15.0 Å². The Morgan fingerprint density at radius 2 is 2.00 bits per heavy atom. The maximum Gasteiger partial charge on any atom is 0.251 e. The predicted octanol–water partition coefficient (Wildman–Crippen LogP) is 0.125. The third-order valence-electron chi connectivity index (χ3n) is 1.72. The van der Waals surface area contributed by atoms with Crippen LogP contribution in [0.15, 0.2) is 40.2 Å². The van der Waals surface area contributed by atoms with E-state index in [9.17, 15) is 9.59 Å². The number of hydrogen-bond acceptors (Lipinski definition) is 3. The Bertz CT molecular complexity index is 504. The lowest BCUT2D eigenvalue weighted by Crippen LogP contribution is -2.08. The smallest absolute Gasteiger partial charge is 0.251 e. The van der Waals surface area contributed by atoms with E-state index in [2.05, 4.69) is 15.0 Å². The monoisotopic (exact) mass is 189 g/mol. The first-order chi connectivity index (χ1) is 6.75. The van der Waals surface area contributed by atoms with Gasteiger partial charge in [0.05, 0.1) is 17.7 Å². The molecule has 0 bridgehead atoms. The first kappa shape index (κ1) is 8.43. The molecule has 0 atom stereocenters. The lowest BCUT2D eigenvalue weighted by Gasteiger charge is -1.97. The lowest BCUT2D eigenvalue weighted by molar-refractivity contribution is 1.10. The molecule has 0 saturated heterocycles. The van der Waals surface area contributed by atoms with Crippen LogP contribution in [0.5, 0.6) is 0 Å². The van der Waals surface area contributed by atoms with Gasteiger partial charge < -0.3 is 9.97 Å². The minimum absolute atomic E-state index is 0.218. The van der Waals surface area contributed by atoms with Crippen molar-refractivity contribution < 1.29 is 0 Å². The Labute approximate surface area is 78.5 Å². The largest absolute Gasteiger partial charge is 0.321 e. The number of pyridine rings is 1. The average Bonchev–Trinajstić information content (AvgIpc) is 2.18. The van der Waals surface area contributed by atoms with Crippen LogP contribution in [0, 0.1) is 0 Å². The first-order valence-electron chi connectivity index (χ1n) is 4.00. The summed E-state index contributed by atoms with van der Waals surface area (Å²) < 4.78 is 0. The molecule has 2 heterocycles. The summed E-state index contributed by atoms with van der Waals surface area (Å²) in [5.41, 5.74) is 0.513. The number of nitrogens with one attached hydrogen (secondary N) is 2. The van der Waals surface area contributed by atoms with Gasteiger partial charge in [0, 0.05) is 12.1 Å². The summed E-state index contributed by atoms with van der Waals surface area (Å²) in [6.07, 6.45) is 1.29. The van der Waals surface area contributed by atoms with Crippen molar-refractivity contribution in [2.45, 2.75) is 0 Å². The molecule has 0 amide bonds. The van der Waals surface area contributed by atoms with Gasteiger partial charge in [-0.25, -0.2) is 4.98 Å². The van der Waals surface area contributed by atoms with Gasteiger partial charge in [-0.05, 0) is 6.07 Å². The molecule has 0 saturated carbocycles. The minimum Gasteiger partial charge on any atom is -0.321 e. The van der Waals surface area contributed by atoms with Gasteiger partial charge in [0.1, 0.15) is 0 Å². The van der Waals surface area contributed by atoms with Gasteiger partial charge in [0.25, 0.3) is 5.56 Å². The summed E-state index contributed by atoms with van der Waals surface area (Å²) in [7, 11) is 0. The topological polar surface area (TPSA) is 78.6 Å². The zero-order chi connectivity index (χ0) is 9.97. The van der Waals surface area contributed by atoms with E-state index in [0.29, 0.717) is 11.4 Å². The summed E-state index contributed by atoms with van der Waals surface area (Å²) in [6, 6.07) is 6.02. The fourth-order valence-corrected chi connectivity index (χ4v) is 1.11. The van der Waals surface area contributed by atoms with Crippen molar-refractivity contribution in [3.8, 4) is 11.4 Å². The molecule has 2 aromatic heterocycles. The highest BCUT2D eigenvalue weighted by Gasteiger charge is 1.99. The van der Waals surface area contributed by atoms with E-state index in [1.165, 1.54) is 18.5 Å². The second-order valence-corrected chi connectivity index (χ2v) is 2.73. The van der Waals surface area contributed by atoms with Crippen LogP contribution in [-0.2, 0) is 0 Å². The Morgan fingerprint density at radius 3 is 2.71 bits per heavy atom. The second-order valence-electron chi connectivity index (χ2n) is 2.73. The maximum atomic E-state index is 11.0. The predicted molar refractivity (Wildman–Crippen MR) is 50.9 cm³/mol. The minimum atomic E-state index is -0.250. The summed E-state index contributed by atoms with van der Waals surface area (Å²) in [5, 5.41) is 0. The van der Waals surface area contributed by atoms with Crippen LogP contribution in [0.1, 0.15) is 0 Å². The van der Waals surface area contributed by atoms with Crippen LogP contribution >= 0.6 is 0 Å². The fraction of sp³-hybridized carbons (Fsp3) is 0. The lowest BCUT2D eigenvalue weighted by atomic mass is 10.2. The Balaban J connectivity index is 2.60. The van der Waals surface area contributed by atoms with Gasteiger partial charge in [-0.2, -0.15) is 0 Å². The molecule has 0 aliphatic rings. The standard InChI is InChI=1S/C9H7N3O2/c13-8-3-1-2-6(12-8)7-4-9(14)11-5-10-7/h1-5H,(H,12,13)(H,10,11,14). The van der Waals surface area contributed by atoms with E-state index in [1.54, 1.807) is 12.1 Å². The second kappa shape index (κ2) is 3.29. The molecular formula is C9H7N3O2. The highest BCUT2D eigenvalue weighted by molar-refractivity contribution is 5.52. The third kappa shape index (κ3) is 1.61. The summed E-state index contributed by atoms with van der Waals surface area (Å²) in [5.74, 6) is 0. The van der Waals surface area contributed by atoms with Crippen molar-refractivity contribution in [2.24, 2.45) is 0 Å². The molecule has 70 valence electrons. The van der Waals surface area contributed by atoms with E-state index in [-0.39, 0.29) is 11.1 Å². The maximum absolute atomic E-state index is 11.0. The third-order valence-corrected chi connectivity index (χ3v) is 1.72. The molecule has 0 aliphatic heterocycles. The summed E-state index contributed by atoms with van der Waals surface area (Å²) in [6.45, 7) is 0. The van der Waals surface area contributed by atoms with Crippen molar-refractivity contribution in [1.29, 1.82) is 0 Å². The Hall–Kier alpha value is -2.17. The number of aromatic nitrogens is 3. The Morgan fingerprint density at radius 1 is 1.14 bits per heavy atom. The van der Waals surface area contributed by atoms with E-state index < -0.39 is 0 Å². The van der Waals surface area contributed by atoms with Gasteiger partial charge in [-0.15, -0.1) is 0 Å². The van der Waals surface area contributed by atoms with Crippen molar-refractivity contribution in [3.05, 3.63) is 51.3 Å². The van der Waals surface area contributed by atoms with Crippen LogP contribution in [0.25, 0.3) is 11.4 Å². The van der Waals surface area contributed by atoms with E-state index in [1.807, 2.05) is 0 Å². The molecule has 5 nitrogen and oxygen atoms in total. The summed E-state index contributed by atoms with van der Waals surface area (Å²) >= 11 is 0. The van der Waals surface area contributed by atoms with E-state index >= 15 is 0 Å². The molecule has 2 N–H and O–H groups in total. The van der Waals surface area contributed by atoms with Crippen molar-refractivity contribution in [2.75, 3.05) is 0 Å². The number of aromatic amines is 2. The van der Waals surface area contributed by atoms with E-state index in [0.717, 1.165) is 0 Å². The van der Waals surface area contributed by atoms with Crippen LogP contribution in [-0.4, -0.2) is 15.0 Å². The average molecular weight is 189 g/mol. The quantitative estimate of drug-likeness (QED) is 0.669. The van der Waals surface area contributed by atoms with Gasteiger partial charge in [0.2, 0.25) is 5.56 Å². The molecule has 0 fully saturated rings.